The van der Waals surface area contributed by atoms with Crippen LogP contribution < -0.4 is 5.73 Å². The second-order valence-corrected chi connectivity index (χ2v) is 15.3. The fraction of sp³-hybridized carbons (Fsp3) is 0.767. The van der Waals surface area contributed by atoms with Crippen molar-refractivity contribution < 1.29 is 37.6 Å². The van der Waals surface area contributed by atoms with E-state index in [4.69, 9.17) is 24.3 Å². The second-order valence-electron chi connectivity index (χ2n) is 13.8. The Kier molecular flexibility index (Phi) is 38.1. The Balaban J connectivity index is 4.27. The summed E-state index contributed by atoms with van der Waals surface area (Å²) in [6.07, 6.45) is 44.3. The van der Waals surface area contributed by atoms with Crippen molar-refractivity contribution in [3.05, 3.63) is 48.6 Å². The van der Waals surface area contributed by atoms with Crippen LogP contribution >= 0.6 is 7.82 Å². The molecule has 0 aliphatic heterocycles. The van der Waals surface area contributed by atoms with Crippen molar-refractivity contribution in [2.75, 3.05) is 26.4 Å². The van der Waals surface area contributed by atoms with Crippen molar-refractivity contribution in [2.45, 2.75) is 187 Å². The van der Waals surface area contributed by atoms with Gasteiger partial charge in [0.25, 0.3) is 0 Å². The van der Waals surface area contributed by atoms with Crippen LogP contribution in [0.2, 0.25) is 0 Å². The Hall–Kier alpha value is -2.03. The van der Waals surface area contributed by atoms with Crippen molar-refractivity contribution >= 4 is 19.8 Å². The fourth-order valence-corrected chi connectivity index (χ4v) is 6.29. The molecule has 0 saturated carbocycles. The zero-order valence-corrected chi connectivity index (χ0v) is 34.6. The fourth-order valence-electron chi connectivity index (χ4n) is 5.53. The Labute approximate surface area is 324 Å². The molecule has 0 aromatic carbocycles. The summed E-state index contributed by atoms with van der Waals surface area (Å²) in [5.41, 5.74) is 5.34. The van der Waals surface area contributed by atoms with Crippen LogP contribution in [0.25, 0.3) is 0 Å². The van der Waals surface area contributed by atoms with Gasteiger partial charge in [0, 0.05) is 19.4 Å². The minimum Gasteiger partial charge on any atom is -0.462 e. The van der Waals surface area contributed by atoms with E-state index in [1.165, 1.54) is 83.5 Å². The number of unbranched alkanes of at least 4 members (excludes halogenated alkanes) is 18. The maximum Gasteiger partial charge on any atom is 0.472 e. The minimum atomic E-state index is -4.39. The van der Waals surface area contributed by atoms with Crippen LogP contribution in [0.15, 0.2) is 48.6 Å². The molecular weight excluding hydrogens is 689 g/mol. The van der Waals surface area contributed by atoms with E-state index in [1.807, 2.05) is 0 Å². The van der Waals surface area contributed by atoms with Gasteiger partial charge in [0.15, 0.2) is 6.10 Å². The lowest BCUT2D eigenvalue weighted by atomic mass is 10.1. The third kappa shape index (κ3) is 39.5. The van der Waals surface area contributed by atoms with E-state index in [9.17, 15) is 19.0 Å². The van der Waals surface area contributed by atoms with E-state index in [2.05, 4.69) is 62.5 Å². The van der Waals surface area contributed by atoms with E-state index in [0.29, 0.717) is 12.8 Å². The number of phosphoric acid groups is 1. The first kappa shape index (κ1) is 51.0. The van der Waals surface area contributed by atoms with Gasteiger partial charge in [0.1, 0.15) is 6.61 Å². The van der Waals surface area contributed by atoms with Gasteiger partial charge in [0.05, 0.1) is 13.2 Å². The van der Waals surface area contributed by atoms with Crippen molar-refractivity contribution in [1.82, 2.24) is 0 Å². The predicted octanol–water partition coefficient (Wildman–Crippen LogP) is 11.9. The molecule has 0 radical (unpaired) electrons. The summed E-state index contributed by atoms with van der Waals surface area (Å²) in [6.45, 7) is 3.65. The molecule has 0 heterocycles. The van der Waals surface area contributed by atoms with E-state index in [1.54, 1.807) is 0 Å². The van der Waals surface area contributed by atoms with Gasteiger partial charge in [0.2, 0.25) is 0 Å². The molecule has 0 rings (SSSR count). The SMILES string of the molecule is CCCCCCCC/C=C/C/C=C/C/C=C/CCCC(=O)OC[C@H](COP(=O)(O)OCCN)OC(=O)CCCCCCC/C=C/CCCCCCCC. The van der Waals surface area contributed by atoms with Crippen molar-refractivity contribution in [3.63, 3.8) is 0 Å². The molecule has 53 heavy (non-hydrogen) atoms. The van der Waals surface area contributed by atoms with E-state index in [-0.39, 0.29) is 32.6 Å². The number of hydrogen-bond donors (Lipinski definition) is 2. The Bertz CT molecular complexity index is 1010. The molecule has 0 fully saturated rings. The van der Waals surface area contributed by atoms with Crippen molar-refractivity contribution in [1.29, 1.82) is 0 Å². The highest BCUT2D eigenvalue weighted by molar-refractivity contribution is 7.47. The highest BCUT2D eigenvalue weighted by Crippen LogP contribution is 2.43. The molecule has 0 aromatic rings. The molecule has 0 aromatic heterocycles. The molecule has 0 aliphatic rings. The number of ether oxygens (including phenoxy) is 2. The average Bonchev–Trinajstić information content (AvgIpc) is 3.14. The zero-order valence-electron chi connectivity index (χ0n) is 33.7. The van der Waals surface area contributed by atoms with Crippen LogP contribution in [0.4, 0.5) is 0 Å². The Morgan fingerprint density at radius 1 is 0.566 bits per heavy atom. The smallest absolute Gasteiger partial charge is 0.462 e. The van der Waals surface area contributed by atoms with Gasteiger partial charge in [-0.2, -0.15) is 0 Å². The molecule has 9 nitrogen and oxygen atoms in total. The topological polar surface area (TPSA) is 134 Å². The van der Waals surface area contributed by atoms with Gasteiger partial charge in [-0.15, -0.1) is 0 Å². The van der Waals surface area contributed by atoms with E-state index < -0.39 is 32.5 Å². The quantitative estimate of drug-likeness (QED) is 0.0271. The zero-order chi connectivity index (χ0) is 38.9. The second kappa shape index (κ2) is 39.7. The molecule has 0 amide bonds. The molecule has 0 aliphatic carbocycles. The third-order valence-corrected chi connectivity index (χ3v) is 9.67. The van der Waals surface area contributed by atoms with Gasteiger partial charge in [-0.05, 0) is 70.6 Å². The maximum absolute atomic E-state index is 12.6. The number of carbonyl (C=O) groups is 2. The molecule has 3 N–H and O–H groups in total. The van der Waals surface area contributed by atoms with Crippen LogP contribution in [0.3, 0.4) is 0 Å². The van der Waals surface area contributed by atoms with Crippen LogP contribution in [0.1, 0.15) is 181 Å². The first-order chi connectivity index (χ1) is 25.8. The number of rotatable bonds is 39. The summed E-state index contributed by atoms with van der Waals surface area (Å²) in [4.78, 5) is 34.8. The standard InChI is InChI=1S/C43H78NO8P/c1-3-5-7-9-11-13-15-17-19-20-22-23-25-27-29-31-33-35-42(45)49-39-41(40-51-53(47,48)50-38-37-44)52-43(46)36-34-32-30-28-26-24-21-18-16-14-12-10-8-6-4-2/h17-19,21-23,27,29,41H,3-16,20,24-26,28,30-40,44H2,1-2H3,(H,47,48)/b19-17+,21-18+,23-22+,29-27+/t41-/m1/s1. The maximum atomic E-state index is 12.6. The molecule has 0 bridgehead atoms. The van der Waals surface area contributed by atoms with E-state index in [0.717, 1.165) is 57.8 Å². The van der Waals surface area contributed by atoms with Crippen LogP contribution in [0.5, 0.6) is 0 Å². The molecule has 308 valence electrons. The van der Waals surface area contributed by atoms with Gasteiger partial charge < -0.3 is 20.1 Å². The molecule has 1 unspecified atom stereocenters. The summed E-state index contributed by atoms with van der Waals surface area (Å²) in [7, 11) is -4.39. The lowest BCUT2D eigenvalue weighted by molar-refractivity contribution is -0.161. The molecule has 0 spiro atoms. The summed E-state index contributed by atoms with van der Waals surface area (Å²) in [5.74, 6) is -0.901. The summed E-state index contributed by atoms with van der Waals surface area (Å²) < 4.78 is 32.7. The Morgan fingerprint density at radius 3 is 1.53 bits per heavy atom. The van der Waals surface area contributed by atoms with Crippen LogP contribution in [0, 0.1) is 0 Å². The largest absolute Gasteiger partial charge is 0.472 e. The van der Waals surface area contributed by atoms with Gasteiger partial charge >= 0.3 is 19.8 Å². The van der Waals surface area contributed by atoms with Gasteiger partial charge in [-0.3, -0.25) is 18.6 Å². The molecule has 0 saturated heterocycles. The van der Waals surface area contributed by atoms with Crippen molar-refractivity contribution in [2.24, 2.45) is 5.73 Å². The number of allylic oxidation sites excluding steroid dienone is 8. The van der Waals surface area contributed by atoms with Gasteiger partial charge in [-0.25, -0.2) is 4.57 Å². The number of nitrogens with two attached hydrogens (primary N) is 1. The minimum absolute atomic E-state index is 0.0444. The highest BCUT2D eigenvalue weighted by Gasteiger charge is 2.25. The van der Waals surface area contributed by atoms with Crippen molar-refractivity contribution in [3.8, 4) is 0 Å². The summed E-state index contributed by atoms with van der Waals surface area (Å²) >= 11 is 0. The van der Waals surface area contributed by atoms with Gasteiger partial charge in [-0.1, -0.05) is 146 Å². The average molecular weight is 768 g/mol. The first-order valence-corrected chi connectivity index (χ1v) is 22.6. The highest BCUT2D eigenvalue weighted by atomic mass is 31.2. The number of hydrogen-bond acceptors (Lipinski definition) is 8. The lowest BCUT2D eigenvalue weighted by Crippen LogP contribution is -2.29. The molecule has 2 atom stereocenters. The number of esters is 2. The molecular formula is C43H78NO8P. The summed E-state index contributed by atoms with van der Waals surface area (Å²) in [5, 5.41) is 0. The number of carbonyl (C=O) groups excluding carboxylic acids is 2. The normalized spacial score (nSPS) is 13.8. The van der Waals surface area contributed by atoms with E-state index >= 15 is 0 Å². The lowest BCUT2D eigenvalue weighted by Gasteiger charge is -2.19. The number of phosphoric ester groups is 1. The third-order valence-electron chi connectivity index (χ3n) is 8.69. The van der Waals surface area contributed by atoms with Crippen LogP contribution in [-0.2, 0) is 32.7 Å². The summed E-state index contributed by atoms with van der Waals surface area (Å²) in [6, 6.07) is 0. The predicted molar refractivity (Wildman–Crippen MR) is 220 cm³/mol. The Morgan fingerprint density at radius 2 is 1.00 bits per heavy atom. The van der Waals surface area contributed by atoms with Crippen LogP contribution in [-0.4, -0.2) is 49.3 Å². The first-order valence-electron chi connectivity index (χ1n) is 21.1. The monoisotopic (exact) mass is 768 g/mol. The molecule has 10 heteroatoms.